The normalized spacial score (nSPS) is 23.6. The lowest BCUT2D eigenvalue weighted by Gasteiger charge is -2.30. The van der Waals surface area contributed by atoms with E-state index in [2.05, 4.69) is 45.8 Å². The molecule has 7 heteroatoms. The first-order valence-corrected chi connectivity index (χ1v) is 9.67. The maximum absolute atomic E-state index is 5.43. The average Bonchev–Trinajstić information content (AvgIpc) is 3.07. The molecule has 2 atom stereocenters. The van der Waals surface area contributed by atoms with Crippen molar-refractivity contribution in [3.8, 4) is 0 Å². The minimum Gasteiger partial charge on any atom is -0.379 e. The molecular weight excluding hydrogens is 429 g/mol. The van der Waals surface area contributed by atoms with Gasteiger partial charge in [0.2, 0.25) is 0 Å². The zero-order chi connectivity index (χ0) is 17.4. The van der Waals surface area contributed by atoms with Crippen LogP contribution < -0.4 is 5.32 Å². The Hall–Kier alpha value is -0.120. The van der Waals surface area contributed by atoms with Crippen LogP contribution in [0, 0.1) is 5.92 Å². The molecule has 2 unspecified atom stereocenters. The van der Waals surface area contributed by atoms with Crippen molar-refractivity contribution in [1.82, 2.24) is 20.0 Å². The summed E-state index contributed by atoms with van der Waals surface area (Å²) >= 11 is 0. The number of aliphatic imine (C=N–C) groups is 1. The Balaban J connectivity index is 0.00000312. The highest BCUT2D eigenvalue weighted by atomic mass is 127. The SMILES string of the molecule is CCN(CC)C1CCN(C(=NC)NCC(C)CN2CCOCC2)C1.I. The molecule has 25 heavy (non-hydrogen) atoms. The monoisotopic (exact) mass is 467 g/mol. The smallest absolute Gasteiger partial charge is 0.193 e. The second-order valence-electron chi connectivity index (χ2n) is 7.06. The van der Waals surface area contributed by atoms with E-state index in [0.29, 0.717) is 12.0 Å². The second kappa shape index (κ2) is 12.3. The van der Waals surface area contributed by atoms with Gasteiger partial charge in [0.1, 0.15) is 0 Å². The fraction of sp³-hybridized carbons (Fsp3) is 0.944. The number of nitrogens with one attached hydrogen (secondary N) is 1. The first-order valence-electron chi connectivity index (χ1n) is 9.67. The van der Waals surface area contributed by atoms with Crippen molar-refractivity contribution in [3.05, 3.63) is 0 Å². The van der Waals surface area contributed by atoms with Gasteiger partial charge >= 0.3 is 0 Å². The van der Waals surface area contributed by atoms with Crippen molar-refractivity contribution in [1.29, 1.82) is 0 Å². The van der Waals surface area contributed by atoms with Crippen LogP contribution >= 0.6 is 24.0 Å². The number of rotatable bonds is 7. The maximum Gasteiger partial charge on any atom is 0.193 e. The Labute approximate surface area is 171 Å². The molecule has 2 rings (SSSR count). The molecule has 2 heterocycles. The lowest BCUT2D eigenvalue weighted by Crippen LogP contribution is -2.46. The van der Waals surface area contributed by atoms with E-state index >= 15 is 0 Å². The number of ether oxygens (including phenoxy) is 1. The van der Waals surface area contributed by atoms with Crippen LogP contribution in [-0.2, 0) is 4.74 Å². The van der Waals surface area contributed by atoms with Crippen molar-refractivity contribution < 1.29 is 4.74 Å². The number of hydrogen-bond acceptors (Lipinski definition) is 4. The van der Waals surface area contributed by atoms with E-state index in [4.69, 9.17) is 4.74 Å². The summed E-state index contributed by atoms with van der Waals surface area (Å²) in [7, 11) is 1.90. The highest BCUT2D eigenvalue weighted by Gasteiger charge is 2.28. The summed E-state index contributed by atoms with van der Waals surface area (Å²) in [4.78, 5) is 12.0. The topological polar surface area (TPSA) is 43.3 Å². The van der Waals surface area contributed by atoms with E-state index in [1.165, 1.54) is 6.42 Å². The zero-order valence-electron chi connectivity index (χ0n) is 16.5. The van der Waals surface area contributed by atoms with Crippen molar-refractivity contribution in [2.45, 2.75) is 33.2 Å². The third-order valence-corrected chi connectivity index (χ3v) is 5.29. The van der Waals surface area contributed by atoms with Gasteiger partial charge < -0.3 is 15.0 Å². The number of nitrogens with zero attached hydrogens (tertiary/aromatic N) is 4. The fourth-order valence-corrected chi connectivity index (χ4v) is 3.86. The van der Waals surface area contributed by atoms with E-state index < -0.39 is 0 Å². The first-order chi connectivity index (χ1) is 11.7. The van der Waals surface area contributed by atoms with Gasteiger partial charge in [-0.3, -0.25) is 14.8 Å². The number of likely N-dealkylation sites (N-methyl/N-ethyl adjacent to an activating group) is 1. The fourth-order valence-electron chi connectivity index (χ4n) is 3.86. The number of morpholine rings is 1. The molecule has 0 saturated carbocycles. The molecule has 2 fully saturated rings. The van der Waals surface area contributed by atoms with E-state index in [1.807, 2.05) is 7.05 Å². The Bertz CT molecular complexity index is 386. The highest BCUT2D eigenvalue weighted by Crippen LogP contribution is 2.15. The molecule has 148 valence electrons. The van der Waals surface area contributed by atoms with Crippen LogP contribution in [0.15, 0.2) is 4.99 Å². The summed E-state index contributed by atoms with van der Waals surface area (Å²) in [5, 5.41) is 3.60. The number of hydrogen-bond donors (Lipinski definition) is 1. The van der Waals surface area contributed by atoms with Crippen LogP contribution in [0.2, 0.25) is 0 Å². The molecule has 0 aromatic heterocycles. The van der Waals surface area contributed by atoms with Crippen molar-refractivity contribution in [2.24, 2.45) is 10.9 Å². The number of halogens is 1. The Kier molecular flexibility index (Phi) is 11.3. The van der Waals surface area contributed by atoms with Gasteiger partial charge in [0, 0.05) is 52.4 Å². The van der Waals surface area contributed by atoms with E-state index in [1.54, 1.807) is 0 Å². The van der Waals surface area contributed by atoms with Gasteiger partial charge in [-0.25, -0.2) is 0 Å². The molecule has 0 amide bonds. The average molecular weight is 467 g/mol. The molecule has 2 aliphatic heterocycles. The third-order valence-electron chi connectivity index (χ3n) is 5.29. The van der Waals surface area contributed by atoms with Crippen LogP contribution in [0.3, 0.4) is 0 Å². The van der Waals surface area contributed by atoms with Crippen LogP contribution in [-0.4, -0.2) is 99.3 Å². The van der Waals surface area contributed by atoms with Gasteiger partial charge in [0.05, 0.1) is 13.2 Å². The van der Waals surface area contributed by atoms with Crippen LogP contribution in [0.5, 0.6) is 0 Å². The summed E-state index contributed by atoms with van der Waals surface area (Å²) in [5.74, 6) is 1.68. The molecule has 2 aliphatic rings. The molecule has 0 aromatic carbocycles. The predicted molar refractivity (Wildman–Crippen MR) is 116 cm³/mol. The molecular formula is C18H38IN5O. The van der Waals surface area contributed by atoms with Crippen molar-refractivity contribution in [3.63, 3.8) is 0 Å². The standard InChI is InChI=1S/C18H37N5O.HI/c1-5-22(6-2)17-7-8-23(15-17)18(19-4)20-13-16(3)14-21-9-11-24-12-10-21;/h16-17H,5-15H2,1-4H3,(H,19,20);1H. The molecule has 0 bridgehead atoms. The minimum absolute atomic E-state index is 0. The second-order valence-corrected chi connectivity index (χ2v) is 7.06. The Morgan fingerprint density at radius 3 is 2.52 bits per heavy atom. The van der Waals surface area contributed by atoms with E-state index in [9.17, 15) is 0 Å². The summed E-state index contributed by atoms with van der Waals surface area (Å²) in [5.41, 5.74) is 0. The van der Waals surface area contributed by atoms with Crippen LogP contribution in [0.4, 0.5) is 0 Å². The van der Waals surface area contributed by atoms with Gasteiger partial charge in [-0.1, -0.05) is 20.8 Å². The van der Waals surface area contributed by atoms with Gasteiger partial charge in [-0.15, -0.1) is 24.0 Å². The lowest BCUT2D eigenvalue weighted by molar-refractivity contribution is 0.0320. The summed E-state index contributed by atoms with van der Waals surface area (Å²) < 4.78 is 5.43. The van der Waals surface area contributed by atoms with Crippen molar-refractivity contribution in [2.75, 3.05) is 72.6 Å². The number of likely N-dealkylation sites (tertiary alicyclic amines) is 1. The van der Waals surface area contributed by atoms with Crippen LogP contribution in [0.1, 0.15) is 27.2 Å². The van der Waals surface area contributed by atoms with Gasteiger partial charge in [-0.05, 0) is 25.4 Å². The van der Waals surface area contributed by atoms with Crippen LogP contribution in [0.25, 0.3) is 0 Å². The third kappa shape index (κ3) is 7.19. The molecule has 0 aromatic rings. The molecule has 0 spiro atoms. The summed E-state index contributed by atoms with van der Waals surface area (Å²) in [6.07, 6.45) is 1.24. The molecule has 2 saturated heterocycles. The summed E-state index contributed by atoms with van der Waals surface area (Å²) in [6.45, 7) is 17.3. The molecule has 0 radical (unpaired) electrons. The highest BCUT2D eigenvalue weighted by molar-refractivity contribution is 14.0. The summed E-state index contributed by atoms with van der Waals surface area (Å²) in [6, 6.07) is 0.671. The predicted octanol–water partition coefficient (Wildman–Crippen LogP) is 1.56. The lowest BCUT2D eigenvalue weighted by atomic mass is 10.1. The van der Waals surface area contributed by atoms with E-state index in [-0.39, 0.29) is 24.0 Å². The maximum atomic E-state index is 5.43. The van der Waals surface area contributed by atoms with Gasteiger partial charge in [-0.2, -0.15) is 0 Å². The van der Waals surface area contributed by atoms with E-state index in [0.717, 1.165) is 71.5 Å². The van der Waals surface area contributed by atoms with Gasteiger partial charge in [0.25, 0.3) is 0 Å². The largest absolute Gasteiger partial charge is 0.379 e. The van der Waals surface area contributed by atoms with Gasteiger partial charge in [0.15, 0.2) is 5.96 Å². The number of guanidine groups is 1. The minimum atomic E-state index is 0. The van der Waals surface area contributed by atoms with Crippen molar-refractivity contribution >= 4 is 29.9 Å². The molecule has 6 nitrogen and oxygen atoms in total. The Morgan fingerprint density at radius 1 is 1.24 bits per heavy atom. The molecule has 0 aliphatic carbocycles. The Morgan fingerprint density at radius 2 is 1.92 bits per heavy atom. The zero-order valence-corrected chi connectivity index (χ0v) is 18.9. The quantitative estimate of drug-likeness (QED) is 0.350. The molecule has 1 N–H and O–H groups in total. The first kappa shape index (κ1) is 22.9.